The Morgan fingerprint density at radius 2 is 2.11 bits per heavy atom. The number of ether oxygens (including phenoxy) is 1. The van der Waals surface area contributed by atoms with E-state index < -0.39 is 0 Å². The van der Waals surface area contributed by atoms with Crippen LogP contribution in [0, 0.1) is 0 Å². The number of methoxy groups -OCH3 is 1. The average molecular weight is 284 g/mol. The summed E-state index contributed by atoms with van der Waals surface area (Å²) < 4.78 is 5.36. The van der Waals surface area contributed by atoms with Gasteiger partial charge in [0.05, 0.1) is 6.61 Å². The molecule has 0 radical (unpaired) electrons. The van der Waals surface area contributed by atoms with Gasteiger partial charge in [-0.15, -0.1) is 11.3 Å². The highest BCUT2D eigenvalue weighted by atomic mass is 32.1. The minimum Gasteiger partial charge on any atom is -0.383 e. The van der Waals surface area contributed by atoms with Gasteiger partial charge in [-0.2, -0.15) is 0 Å². The van der Waals surface area contributed by atoms with Crippen molar-refractivity contribution in [2.75, 3.05) is 27.3 Å². The van der Waals surface area contributed by atoms with Crippen LogP contribution in [0.1, 0.15) is 25.6 Å². The van der Waals surface area contributed by atoms with Gasteiger partial charge in [0.2, 0.25) is 0 Å². The third-order valence-corrected chi connectivity index (χ3v) is 4.37. The first-order chi connectivity index (χ1) is 9.04. The molecule has 4 heteroatoms. The molecule has 1 aromatic rings. The van der Waals surface area contributed by atoms with Crippen LogP contribution in [-0.2, 0) is 11.2 Å². The Kier molecular flexibility index (Phi) is 7.61. The Bertz CT molecular complexity index is 327. The van der Waals surface area contributed by atoms with E-state index >= 15 is 0 Å². The van der Waals surface area contributed by atoms with Crippen LogP contribution in [0.25, 0.3) is 0 Å². The zero-order valence-corrected chi connectivity index (χ0v) is 13.7. The molecule has 0 aliphatic heterocycles. The van der Waals surface area contributed by atoms with Crippen molar-refractivity contribution in [2.24, 2.45) is 0 Å². The van der Waals surface area contributed by atoms with Crippen LogP contribution in [0.5, 0.6) is 0 Å². The van der Waals surface area contributed by atoms with Crippen LogP contribution < -0.4 is 5.32 Å². The van der Waals surface area contributed by atoms with Crippen LogP contribution in [0.4, 0.5) is 0 Å². The van der Waals surface area contributed by atoms with Crippen LogP contribution in [0.3, 0.4) is 0 Å². The number of hydrogen-bond acceptors (Lipinski definition) is 4. The zero-order chi connectivity index (χ0) is 14.3. The number of rotatable bonds is 9. The second-order valence-electron chi connectivity index (χ2n) is 5.47. The summed E-state index contributed by atoms with van der Waals surface area (Å²) in [6.07, 6.45) is 1.11. The van der Waals surface area contributed by atoms with Crippen molar-refractivity contribution in [3.05, 3.63) is 22.4 Å². The Hall–Kier alpha value is -0.420. The van der Waals surface area contributed by atoms with E-state index in [0.717, 1.165) is 19.6 Å². The van der Waals surface area contributed by atoms with Gasteiger partial charge in [0.25, 0.3) is 0 Å². The molecule has 0 saturated carbocycles. The third kappa shape index (κ3) is 6.04. The normalized spacial score (nSPS) is 15.1. The molecule has 19 heavy (non-hydrogen) atoms. The lowest BCUT2D eigenvalue weighted by Gasteiger charge is -2.33. The van der Waals surface area contributed by atoms with Crippen LogP contribution >= 0.6 is 11.3 Å². The van der Waals surface area contributed by atoms with Crippen molar-refractivity contribution in [3.63, 3.8) is 0 Å². The molecule has 0 amide bonds. The summed E-state index contributed by atoms with van der Waals surface area (Å²) in [4.78, 5) is 3.88. The molecule has 0 aliphatic rings. The predicted octanol–water partition coefficient (Wildman–Crippen LogP) is 2.62. The predicted molar refractivity (Wildman–Crippen MR) is 84.1 cm³/mol. The third-order valence-electron chi connectivity index (χ3n) is 3.47. The molecule has 0 bridgehead atoms. The van der Waals surface area contributed by atoms with Gasteiger partial charge in [0.15, 0.2) is 0 Å². The van der Waals surface area contributed by atoms with Crippen LogP contribution in [0.2, 0.25) is 0 Å². The van der Waals surface area contributed by atoms with Gasteiger partial charge in [0.1, 0.15) is 0 Å². The molecule has 1 N–H and O–H groups in total. The molecule has 3 nitrogen and oxygen atoms in total. The Labute approximate surface area is 122 Å². The van der Waals surface area contributed by atoms with Gasteiger partial charge in [0, 0.05) is 36.7 Å². The second-order valence-corrected chi connectivity index (χ2v) is 6.50. The summed E-state index contributed by atoms with van der Waals surface area (Å²) in [5.74, 6) is 0. The highest BCUT2D eigenvalue weighted by Crippen LogP contribution is 2.15. The minimum atomic E-state index is 0.419. The monoisotopic (exact) mass is 284 g/mol. The first kappa shape index (κ1) is 16.6. The summed E-state index contributed by atoms with van der Waals surface area (Å²) in [5.41, 5.74) is 0. The van der Waals surface area contributed by atoms with E-state index in [1.807, 2.05) is 11.3 Å². The van der Waals surface area contributed by atoms with Crippen molar-refractivity contribution in [1.82, 2.24) is 10.2 Å². The quantitative estimate of drug-likeness (QED) is 0.754. The Balaban J connectivity index is 2.51. The molecule has 0 spiro atoms. The second kappa shape index (κ2) is 8.69. The number of hydrogen-bond donors (Lipinski definition) is 1. The molecule has 2 atom stereocenters. The van der Waals surface area contributed by atoms with Crippen molar-refractivity contribution >= 4 is 11.3 Å². The van der Waals surface area contributed by atoms with Crippen molar-refractivity contribution in [3.8, 4) is 0 Å². The van der Waals surface area contributed by atoms with Crippen molar-refractivity contribution < 1.29 is 4.74 Å². The lowest BCUT2D eigenvalue weighted by molar-refractivity contribution is 0.0828. The molecule has 0 aromatic carbocycles. The fourth-order valence-electron chi connectivity index (χ4n) is 2.11. The molecular weight excluding hydrogens is 256 g/mol. The summed E-state index contributed by atoms with van der Waals surface area (Å²) in [6.45, 7) is 8.39. The first-order valence-corrected chi connectivity index (χ1v) is 7.89. The summed E-state index contributed by atoms with van der Waals surface area (Å²) in [5, 5.41) is 5.65. The highest BCUT2D eigenvalue weighted by Gasteiger charge is 2.20. The molecule has 110 valence electrons. The van der Waals surface area contributed by atoms with Crippen molar-refractivity contribution in [2.45, 2.75) is 45.3 Å². The van der Waals surface area contributed by atoms with E-state index in [1.165, 1.54) is 4.88 Å². The van der Waals surface area contributed by atoms with Crippen LogP contribution in [-0.4, -0.2) is 50.3 Å². The maximum atomic E-state index is 5.36. The molecule has 2 unspecified atom stereocenters. The lowest BCUT2D eigenvalue weighted by atomic mass is 10.1. The fraction of sp³-hybridized carbons (Fsp3) is 0.733. The Morgan fingerprint density at radius 3 is 2.63 bits per heavy atom. The number of thiophene rings is 1. The molecule has 0 aliphatic carbocycles. The van der Waals surface area contributed by atoms with Gasteiger partial charge in [-0.05, 0) is 31.8 Å². The summed E-state index contributed by atoms with van der Waals surface area (Å²) in [7, 11) is 3.98. The lowest BCUT2D eigenvalue weighted by Crippen LogP contribution is -2.48. The van der Waals surface area contributed by atoms with Crippen LogP contribution in [0.15, 0.2) is 17.5 Å². The molecule has 0 saturated heterocycles. The first-order valence-electron chi connectivity index (χ1n) is 7.01. The smallest absolute Gasteiger partial charge is 0.0630 e. The van der Waals surface area contributed by atoms with Gasteiger partial charge < -0.3 is 10.1 Å². The zero-order valence-electron chi connectivity index (χ0n) is 12.8. The molecule has 1 heterocycles. The van der Waals surface area contributed by atoms with E-state index in [4.69, 9.17) is 4.74 Å². The summed E-state index contributed by atoms with van der Waals surface area (Å²) in [6, 6.07) is 5.79. The largest absolute Gasteiger partial charge is 0.383 e. The SMILES string of the molecule is COCC(CNC(C)C)N(C)C(C)Cc1cccs1. The maximum Gasteiger partial charge on any atom is 0.0630 e. The van der Waals surface area contributed by atoms with Gasteiger partial charge in [-0.3, -0.25) is 4.90 Å². The van der Waals surface area contributed by atoms with E-state index in [1.54, 1.807) is 7.11 Å². The molecule has 1 aromatic heterocycles. The van der Waals surface area contributed by atoms with Gasteiger partial charge in [-0.1, -0.05) is 19.9 Å². The number of nitrogens with zero attached hydrogens (tertiary/aromatic N) is 1. The summed E-state index contributed by atoms with van der Waals surface area (Å²) >= 11 is 1.84. The number of nitrogens with one attached hydrogen (secondary N) is 1. The highest BCUT2D eigenvalue weighted by molar-refractivity contribution is 7.09. The van der Waals surface area contributed by atoms with E-state index in [9.17, 15) is 0 Å². The standard InChI is InChI=1S/C15H28N2OS/c1-12(2)16-10-14(11-18-5)17(4)13(3)9-15-7-6-8-19-15/h6-8,12-14,16H,9-11H2,1-5H3. The maximum absolute atomic E-state index is 5.36. The van der Waals surface area contributed by atoms with E-state index in [0.29, 0.717) is 18.1 Å². The molecule has 0 fully saturated rings. The van der Waals surface area contributed by atoms with E-state index in [-0.39, 0.29) is 0 Å². The minimum absolute atomic E-state index is 0.419. The van der Waals surface area contributed by atoms with Crippen molar-refractivity contribution in [1.29, 1.82) is 0 Å². The fourth-order valence-corrected chi connectivity index (χ4v) is 2.93. The molecular formula is C15H28N2OS. The van der Waals surface area contributed by atoms with Gasteiger partial charge in [-0.25, -0.2) is 0 Å². The van der Waals surface area contributed by atoms with Gasteiger partial charge >= 0.3 is 0 Å². The number of likely N-dealkylation sites (N-methyl/N-ethyl adjacent to an activating group) is 1. The Morgan fingerprint density at radius 1 is 1.37 bits per heavy atom. The molecule has 1 rings (SSSR count). The van der Waals surface area contributed by atoms with E-state index in [2.05, 4.69) is 55.5 Å². The average Bonchev–Trinajstić information content (AvgIpc) is 2.86. The topological polar surface area (TPSA) is 24.5 Å².